The quantitative estimate of drug-likeness (QED) is 0.771. The van der Waals surface area contributed by atoms with Crippen LogP contribution in [-0.4, -0.2) is 30.6 Å². The molecule has 2 rings (SSSR count). The van der Waals surface area contributed by atoms with Crippen LogP contribution in [0.5, 0.6) is 0 Å². The Morgan fingerprint density at radius 1 is 1.25 bits per heavy atom. The summed E-state index contributed by atoms with van der Waals surface area (Å²) >= 11 is 0. The fourth-order valence-electron chi connectivity index (χ4n) is 3.30. The second-order valence-corrected chi connectivity index (χ2v) is 5.94. The fourth-order valence-corrected chi connectivity index (χ4v) is 3.30. The lowest BCUT2D eigenvalue weighted by atomic mass is 10.0. The van der Waals surface area contributed by atoms with E-state index in [0.29, 0.717) is 6.04 Å². The predicted octanol–water partition coefficient (Wildman–Crippen LogP) is 3.99. The number of unbranched alkanes of at least 4 members (excludes halogenated alkanes) is 1. The Morgan fingerprint density at radius 3 is 2.75 bits per heavy atom. The molecular weight excluding hydrogens is 244 g/mol. The van der Waals surface area contributed by atoms with Crippen molar-refractivity contribution in [1.29, 1.82) is 0 Å². The molecule has 2 atom stereocenters. The molecule has 0 aliphatic carbocycles. The molecule has 1 N–H and O–H groups in total. The van der Waals surface area contributed by atoms with Crippen molar-refractivity contribution in [2.24, 2.45) is 0 Å². The first-order valence-corrected chi connectivity index (χ1v) is 8.37. The number of likely N-dealkylation sites (tertiary alicyclic amines) is 1. The molecule has 1 heterocycles. The molecule has 2 nitrogen and oxygen atoms in total. The van der Waals surface area contributed by atoms with Crippen molar-refractivity contribution in [2.45, 2.75) is 58.0 Å². The van der Waals surface area contributed by atoms with Gasteiger partial charge in [0.15, 0.2) is 0 Å². The number of nitrogens with zero attached hydrogens (tertiary/aromatic N) is 1. The van der Waals surface area contributed by atoms with E-state index in [1.54, 1.807) is 0 Å². The van der Waals surface area contributed by atoms with Crippen molar-refractivity contribution in [3.8, 4) is 0 Å². The Hall–Kier alpha value is -0.860. The molecule has 1 aliphatic rings. The number of benzene rings is 1. The fraction of sp³-hybridized carbons (Fsp3) is 0.667. The monoisotopic (exact) mass is 274 g/mol. The number of nitrogens with one attached hydrogen (secondary N) is 1. The van der Waals surface area contributed by atoms with Crippen LogP contribution in [0.2, 0.25) is 0 Å². The van der Waals surface area contributed by atoms with E-state index in [1.165, 1.54) is 50.8 Å². The van der Waals surface area contributed by atoms with Gasteiger partial charge in [-0.15, -0.1) is 0 Å². The number of rotatable bonds is 8. The van der Waals surface area contributed by atoms with Gasteiger partial charge in [0.05, 0.1) is 0 Å². The molecule has 2 unspecified atom stereocenters. The third-order valence-corrected chi connectivity index (χ3v) is 4.55. The van der Waals surface area contributed by atoms with Crippen LogP contribution >= 0.6 is 0 Å². The summed E-state index contributed by atoms with van der Waals surface area (Å²) < 4.78 is 0. The number of hydrogen-bond acceptors (Lipinski definition) is 2. The minimum atomic E-state index is 0.524. The lowest BCUT2D eigenvalue weighted by Crippen LogP contribution is -2.39. The summed E-state index contributed by atoms with van der Waals surface area (Å²) in [5.41, 5.74) is 1.45. The molecular formula is C18H30N2. The first-order valence-electron chi connectivity index (χ1n) is 8.37. The van der Waals surface area contributed by atoms with Gasteiger partial charge in [0, 0.05) is 18.6 Å². The minimum absolute atomic E-state index is 0.524. The second-order valence-electron chi connectivity index (χ2n) is 5.94. The van der Waals surface area contributed by atoms with Crippen molar-refractivity contribution in [1.82, 2.24) is 10.2 Å². The maximum absolute atomic E-state index is 3.84. The van der Waals surface area contributed by atoms with E-state index in [9.17, 15) is 0 Å². The normalized spacial score (nSPS) is 21.2. The molecule has 1 fully saturated rings. The van der Waals surface area contributed by atoms with Gasteiger partial charge >= 0.3 is 0 Å². The molecule has 20 heavy (non-hydrogen) atoms. The zero-order chi connectivity index (χ0) is 14.2. The highest BCUT2D eigenvalue weighted by Gasteiger charge is 2.23. The third-order valence-electron chi connectivity index (χ3n) is 4.55. The molecule has 0 amide bonds. The zero-order valence-electron chi connectivity index (χ0n) is 13.1. The van der Waals surface area contributed by atoms with Crippen molar-refractivity contribution in [3.63, 3.8) is 0 Å². The van der Waals surface area contributed by atoms with Gasteiger partial charge in [0.25, 0.3) is 0 Å². The molecule has 1 saturated heterocycles. The zero-order valence-corrected chi connectivity index (χ0v) is 13.1. The molecule has 0 bridgehead atoms. The van der Waals surface area contributed by atoms with Gasteiger partial charge in [-0.2, -0.15) is 0 Å². The Kier molecular flexibility index (Phi) is 6.55. The van der Waals surface area contributed by atoms with Gasteiger partial charge in [-0.05, 0) is 37.9 Å². The average molecular weight is 274 g/mol. The van der Waals surface area contributed by atoms with Gasteiger partial charge in [0.1, 0.15) is 0 Å². The van der Waals surface area contributed by atoms with Crippen LogP contribution in [0.25, 0.3) is 0 Å². The van der Waals surface area contributed by atoms with E-state index >= 15 is 0 Å². The van der Waals surface area contributed by atoms with E-state index in [0.717, 1.165) is 12.6 Å². The third kappa shape index (κ3) is 4.32. The highest BCUT2D eigenvalue weighted by molar-refractivity contribution is 5.18. The molecule has 1 aromatic rings. The van der Waals surface area contributed by atoms with E-state index in [4.69, 9.17) is 0 Å². The first kappa shape index (κ1) is 15.5. The molecule has 1 aromatic carbocycles. The summed E-state index contributed by atoms with van der Waals surface area (Å²) in [6.45, 7) is 8.17. The lowest BCUT2D eigenvalue weighted by molar-refractivity contribution is 0.252. The maximum Gasteiger partial charge on any atom is 0.0320 e. The summed E-state index contributed by atoms with van der Waals surface area (Å²) in [4.78, 5) is 2.62. The van der Waals surface area contributed by atoms with E-state index in [-0.39, 0.29) is 0 Å². The molecule has 2 heteroatoms. The first-order chi connectivity index (χ1) is 9.85. The van der Waals surface area contributed by atoms with Gasteiger partial charge in [-0.25, -0.2) is 0 Å². The summed E-state index contributed by atoms with van der Waals surface area (Å²) in [5, 5.41) is 3.84. The van der Waals surface area contributed by atoms with Gasteiger partial charge in [-0.1, -0.05) is 57.0 Å². The van der Waals surface area contributed by atoms with Gasteiger partial charge < -0.3 is 5.32 Å². The summed E-state index contributed by atoms with van der Waals surface area (Å²) in [6, 6.07) is 12.2. The van der Waals surface area contributed by atoms with Crippen LogP contribution < -0.4 is 5.32 Å². The smallest absolute Gasteiger partial charge is 0.0320 e. The van der Waals surface area contributed by atoms with Crippen LogP contribution in [-0.2, 0) is 0 Å². The lowest BCUT2D eigenvalue weighted by Gasteiger charge is -2.26. The van der Waals surface area contributed by atoms with E-state index in [2.05, 4.69) is 54.4 Å². The minimum Gasteiger partial charge on any atom is -0.308 e. The van der Waals surface area contributed by atoms with Crippen molar-refractivity contribution in [2.75, 3.05) is 19.6 Å². The highest BCUT2D eigenvalue weighted by Crippen LogP contribution is 2.21. The summed E-state index contributed by atoms with van der Waals surface area (Å²) in [7, 11) is 0. The Labute approximate surface area is 124 Å². The Morgan fingerprint density at radius 2 is 2.05 bits per heavy atom. The predicted molar refractivity (Wildman–Crippen MR) is 87.0 cm³/mol. The van der Waals surface area contributed by atoms with E-state index < -0.39 is 0 Å². The SMILES string of the molecule is CCCCC(NCC1CCCN1CC)c1ccccc1. The molecule has 0 spiro atoms. The van der Waals surface area contributed by atoms with Crippen molar-refractivity contribution in [3.05, 3.63) is 35.9 Å². The largest absolute Gasteiger partial charge is 0.308 e. The maximum atomic E-state index is 3.84. The molecule has 0 aromatic heterocycles. The molecule has 1 aliphatic heterocycles. The molecule has 112 valence electrons. The number of likely N-dealkylation sites (N-methyl/N-ethyl adjacent to an activating group) is 1. The molecule has 0 saturated carbocycles. The Balaban J connectivity index is 1.90. The standard InChI is InChI=1S/C18H30N2/c1-3-5-13-18(16-10-7-6-8-11-16)19-15-17-12-9-14-20(17)4-2/h6-8,10-11,17-19H,3-5,9,12-15H2,1-2H3. The van der Waals surface area contributed by atoms with E-state index in [1.807, 2.05) is 0 Å². The average Bonchev–Trinajstić information content (AvgIpc) is 2.96. The number of hydrogen-bond donors (Lipinski definition) is 1. The topological polar surface area (TPSA) is 15.3 Å². The summed E-state index contributed by atoms with van der Waals surface area (Å²) in [5.74, 6) is 0. The summed E-state index contributed by atoms with van der Waals surface area (Å²) in [6.07, 6.45) is 6.55. The molecule has 0 radical (unpaired) electrons. The van der Waals surface area contributed by atoms with Gasteiger partial charge in [0.2, 0.25) is 0 Å². The van der Waals surface area contributed by atoms with Crippen LogP contribution in [0.3, 0.4) is 0 Å². The van der Waals surface area contributed by atoms with Crippen LogP contribution in [0, 0.1) is 0 Å². The van der Waals surface area contributed by atoms with Crippen molar-refractivity contribution < 1.29 is 0 Å². The van der Waals surface area contributed by atoms with Crippen LogP contribution in [0.1, 0.15) is 57.6 Å². The van der Waals surface area contributed by atoms with Crippen LogP contribution in [0.15, 0.2) is 30.3 Å². The van der Waals surface area contributed by atoms with Gasteiger partial charge in [-0.3, -0.25) is 4.90 Å². The van der Waals surface area contributed by atoms with Crippen LogP contribution in [0.4, 0.5) is 0 Å². The van der Waals surface area contributed by atoms with Crippen molar-refractivity contribution >= 4 is 0 Å². The highest BCUT2D eigenvalue weighted by atomic mass is 15.2. The second kappa shape index (κ2) is 8.43. The Bertz CT molecular complexity index is 363.